The van der Waals surface area contributed by atoms with Gasteiger partial charge in [0.2, 0.25) is 23.6 Å². The molecule has 0 heterocycles. The van der Waals surface area contributed by atoms with Crippen LogP contribution >= 0.6 is 12.6 Å². The highest BCUT2D eigenvalue weighted by molar-refractivity contribution is 7.80. The number of nitrogens with one attached hydrogen (secondary N) is 3. The first-order valence-corrected chi connectivity index (χ1v) is 9.91. The van der Waals surface area contributed by atoms with Crippen molar-refractivity contribution in [1.82, 2.24) is 16.0 Å². The maximum Gasteiger partial charge on any atom is 0.327 e. The van der Waals surface area contributed by atoms with Crippen LogP contribution in [0.2, 0.25) is 0 Å². The minimum atomic E-state index is -1.32. The molecule has 176 valence electrons. The summed E-state index contributed by atoms with van der Waals surface area (Å²) in [6.07, 6.45) is 0.326. The van der Waals surface area contributed by atoms with Crippen molar-refractivity contribution in [3.8, 4) is 0 Å². The maximum atomic E-state index is 12.3. The number of primary amides is 1. The molecule has 3 atom stereocenters. The lowest BCUT2D eigenvalue weighted by Crippen LogP contribution is -2.54. The molecule has 3 unspecified atom stereocenters. The Morgan fingerprint density at radius 3 is 2.13 bits per heavy atom. The molecule has 12 N–H and O–H groups in total. The van der Waals surface area contributed by atoms with Crippen molar-refractivity contribution in [3.05, 3.63) is 0 Å². The molecule has 14 nitrogen and oxygen atoms in total. The Kier molecular flexibility index (Phi) is 13.4. The molecule has 0 saturated heterocycles. The van der Waals surface area contributed by atoms with Gasteiger partial charge in [-0.05, 0) is 19.3 Å². The van der Waals surface area contributed by atoms with E-state index < -0.39 is 54.3 Å². The maximum absolute atomic E-state index is 12.3. The van der Waals surface area contributed by atoms with Gasteiger partial charge in [-0.3, -0.25) is 24.2 Å². The van der Waals surface area contributed by atoms with Crippen molar-refractivity contribution in [2.75, 3.05) is 18.8 Å². The first kappa shape index (κ1) is 27.9. The summed E-state index contributed by atoms with van der Waals surface area (Å²) in [5, 5.41) is 15.8. The molecule has 0 aliphatic carbocycles. The van der Waals surface area contributed by atoms with Gasteiger partial charge in [0.25, 0.3) is 0 Å². The van der Waals surface area contributed by atoms with E-state index in [1.54, 1.807) is 0 Å². The van der Waals surface area contributed by atoms with Crippen LogP contribution in [0.15, 0.2) is 4.99 Å². The fourth-order valence-corrected chi connectivity index (χ4v) is 2.45. The molecule has 0 aliphatic rings. The van der Waals surface area contributed by atoms with Gasteiger partial charge in [0, 0.05) is 18.7 Å². The normalized spacial score (nSPS) is 13.2. The van der Waals surface area contributed by atoms with Gasteiger partial charge in [0.1, 0.15) is 12.1 Å². The van der Waals surface area contributed by atoms with Crippen LogP contribution in [0.1, 0.15) is 25.7 Å². The van der Waals surface area contributed by atoms with Crippen LogP contribution in [0, 0.1) is 0 Å². The number of aliphatic carboxylic acids is 1. The summed E-state index contributed by atoms with van der Waals surface area (Å²) in [5.41, 5.74) is 21.1. The number of hydrogen-bond acceptors (Lipinski definition) is 8. The molecular weight excluding hydrogens is 432 g/mol. The summed E-state index contributed by atoms with van der Waals surface area (Å²) in [6, 6.07) is -3.44. The summed E-state index contributed by atoms with van der Waals surface area (Å²) < 4.78 is 0. The van der Waals surface area contributed by atoms with Gasteiger partial charge < -0.3 is 44.0 Å². The van der Waals surface area contributed by atoms with Crippen LogP contribution < -0.4 is 38.9 Å². The molecule has 0 radical (unpaired) electrons. The average Bonchev–Trinajstić information content (AvgIpc) is 2.69. The van der Waals surface area contributed by atoms with E-state index in [9.17, 15) is 24.0 Å². The number of guanidine groups is 1. The second-order valence-corrected chi connectivity index (χ2v) is 6.85. The van der Waals surface area contributed by atoms with Crippen LogP contribution in [0.4, 0.5) is 0 Å². The fourth-order valence-electron chi connectivity index (χ4n) is 2.21. The van der Waals surface area contributed by atoms with Gasteiger partial charge in [0.05, 0.1) is 12.6 Å². The number of carbonyl (C=O) groups excluding carboxylic acids is 4. The lowest BCUT2D eigenvalue weighted by atomic mass is 10.1. The van der Waals surface area contributed by atoms with Gasteiger partial charge in [-0.1, -0.05) is 0 Å². The largest absolute Gasteiger partial charge is 0.480 e. The smallest absolute Gasteiger partial charge is 0.327 e. The van der Waals surface area contributed by atoms with Crippen LogP contribution in [0.5, 0.6) is 0 Å². The van der Waals surface area contributed by atoms with Crippen molar-refractivity contribution < 1.29 is 29.1 Å². The van der Waals surface area contributed by atoms with Crippen LogP contribution in [0.3, 0.4) is 0 Å². The predicted molar refractivity (Wildman–Crippen MR) is 115 cm³/mol. The zero-order chi connectivity index (χ0) is 24.0. The highest BCUT2D eigenvalue weighted by Gasteiger charge is 2.26. The van der Waals surface area contributed by atoms with Gasteiger partial charge in [-0.2, -0.15) is 12.6 Å². The fraction of sp³-hybridized carbons (Fsp3) is 0.625. The molecule has 4 amide bonds. The average molecular weight is 463 g/mol. The Morgan fingerprint density at radius 2 is 1.61 bits per heavy atom. The third-order valence-corrected chi connectivity index (χ3v) is 4.22. The van der Waals surface area contributed by atoms with Crippen LogP contribution in [-0.4, -0.2) is 77.6 Å². The Hall–Kier alpha value is -3.07. The number of nitrogens with two attached hydrogens (primary N) is 4. The Labute approximate surface area is 184 Å². The summed E-state index contributed by atoms with van der Waals surface area (Å²) >= 11 is 3.83. The van der Waals surface area contributed by atoms with Gasteiger partial charge in [-0.25, -0.2) is 4.79 Å². The van der Waals surface area contributed by atoms with E-state index in [1.165, 1.54) is 0 Å². The van der Waals surface area contributed by atoms with Crippen LogP contribution in [0.25, 0.3) is 0 Å². The Bertz CT molecular complexity index is 685. The quantitative estimate of drug-likeness (QED) is 0.0493. The van der Waals surface area contributed by atoms with Crippen molar-refractivity contribution in [2.24, 2.45) is 27.9 Å². The monoisotopic (exact) mass is 462 g/mol. The van der Waals surface area contributed by atoms with Crippen molar-refractivity contribution >= 4 is 48.2 Å². The lowest BCUT2D eigenvalue weighted by molar-refractivity contribution is -0.141. The molecule has 0 rings (SSSR count). The summed E-state index contributed by atoms with van der Waals surface area (Å²) in [7, 11) is 0. The van der Waals surface area contributed by atoms with Crippen molar-refractivity contribution in [1.29, 1.82) is 0 Å². The number of carboxylic acids is 1. The number of aliphatic imine (C=N–C) groups is 1. The van der Waals surface area contributed by atoms with E-state index in [4.69, 9.17) is 28.0 Å². The number of carboxylic acid groups (broad SMARTS) is 1. The molecule has 15 heteroatoms. The predicted octanol–water partition coefficient (Wildman–Crippen LogP) is -4.27. The van der Waals surface area contributed by atoms with Crippen molar-refractivity contribution in [2.45, 2.75) is 43.8 Å². The molecule has 0 aromatic heterocycles. The first-order valence-electron chi connectivity index (χ1n) is 9.28. The Balaban J connectivity index is 4.71. The van der Waals surface area contributed by atoms with E-state index >= 15 is 0 Å². The van der Waals surface area contributed by atoms with Gasteiger partial charge in [0.15, 0.2) is 5.96 Å². The minimum Gasteiger partial charge on any atom is -0.480 e. The third-order valence-electron chi connectivity index (χ3n) is 3.86. The molecule has 0 aromatic carbocycles. The number of amides is 4. The van der Waals surface area contributed by atoms with Crippen molar-refractivity contribution in [3.63, 3.8) is 0 Å². The standard InChI is InChI=1S/C16H30N8O6S/c17-8(2-1-5-21-16(19)20)13(27)22-6-12(26)23-9(3-4-11(18)25)14(28)24-10(7-31)15(29)30/h8-10,31H,1-7,17H2,(H2,18,25)(H,22,27)(H,23,26)(H,24,28)(H,29,30)(H4,19,20,21). The van der Waals surface area contributed by atoms with E-state index in [0.717, 1.165) is 0 Å². The van der Waals surface area contributed by atoms with E-state index in [0.29, 0.717) is 13.0 Å². The number of thiol groups is 1. The highest BCUT2D eigenvalue weighted by atomic mass is 32.1. The molecule has 0 spiro atoms. The summed E-state index contributed by atoms with van der Waals surface area (Å²) in [5.74, 6) is -4.47. The van der Waals surface area contributed by atoms with Gasteiger partial charge >= 0.3 is 5.97 Å². The van der Waals surface area contributed by atoms with E-state index in [1.807, 2.05) is 0 Å². The number of nitrogens with zero attached hydrogens (tertiary/aromatic N) is 1. The zero-order valence-corrected chi connectivity index (χ0v) is 17.8. The van der Waals surface area contributed by atoms with E-state index in [2.05, 4.69) is 33.6 Å². The molecule has 0 aromatic rings. The van der Waals surface area contributed by atoms with Gasteiger partial charge in [-0.15, -0.1) is 0 Å². The SMILES string of the molecule is NC(=O)CCC(NC(=O)CNC(=O)C(N)CCCN=C(N)N)C(=O)NC(CS)C(=O)O. The van der Waals surface area contributed by atoms with Crippen LogP contribution in [-0.2, 0) is 24.0 Å². The molecule has 0 saturated carbocycles. The molecule has 0 bridgehead atoms. The molecular formula is C16H30N8O6S. The number of hydrogen-bond donors (Lipinski definition) is 9. The third kappa shape index (κ3) is 13.0. The topological polar surface area (TPSA) is 258 Å². The molecule has 0 fully saturated rings. The number of rotatable bonds is 15. The summed E-state index contributed by atoms with van der Waals surface area (Å²) in [4.78, 5) is 62.2. The molecule has 31 heavy (non-hydrogen) atoms. The second-order valence-electron chi connectivity index (χ2n) is 6.48. The Morgan fingerprint density at radius 1 is 0.968 bits per heavy atom. The first-order chi connectivity index (χ1) is 14.5. The minimum absolute atomic E-state index is 0.0753. The summed E-state index contributed by atoms with van der Waals surface area (Å²) in [6.45, 7) is -0.195. The second kappa shape index (κ2) is 14.8. The number of carbonyl (C=O) groups is 5. The zero-order valence-electron chi connectivity index (χ0n) is 16.9. The highest BCUT2D eigenvalue weighted by Crippen LogP contribution is 2.00. The molecule has 0 aliphatic heterocycles. The lowest BCUT2D eigenvalue weighted by Gasteiger charge is -2.20. The van der Waals surface area contributed by atoms with E-state index in [-0.39, 0.29) is 31.0 Å².